The van der Waals surface area contributed by atoms with Crippen LogP contribution in [0, 0.1) is 5.82 Å². The zero-order valence-corrected chi connectivity index (χ0v) is 10.9. The van der Waals surface area contributed by atoms with Crippen LogP contribution in [0.3, 0.4) is 0 Å². The predicted octanol–water partition coefficient (Wildman–Crippen LogP) is 2.51. The van der Waals surface area contributed by atoms with Gasteiger partial charge in [0.15, 0.2) is 0 Å². The highest BCUT2D eigenvalue weighted by atomic mass is 79.9. The summed E-state index contributed by atoms with van der Waals surface area (Å²) in [7, 11) is 0. The first-order chi connectivity index (χ1) is 8.11. The van der Waals surface area contributed by atoms with Crippen molar-refractivity contribution in [2.24, 2.45) is 5.73 Å². The molecule has 1 aromatic rings. The van der Waals surface area contributed by atoms with Crippen LogP contribution in [-0.4, -0.2) is 17.8 Å². The number of hydrogen-bond donors (Lipinski definition) is 2. The SMILES string of the molecule is NC(CO)c1cc(F)cc(Br)c1OC1CCC1. The largest absolute Gasteiger partial charge is 0.489 e. The van der Waals surface area contributed by atoms with E-state index in [2.05, 4.69) is 15.9 Å². The van der Waals surface area contributed by atoms with Crippen LogP contribution < -0.4 is 10.5 Å². The maximum Gasteiger partial charge on any atom is 0.138 e. The van der Waals surface area contributed by atoms with Crippen LogP contribution in [0.25, 0.3) is 0 Å². The van der Waals surface area contributed by atoms with Crippen molar-refractivity contribution < 1.29 is 14.2 Å². The summed E-state index contributed by atoms with van der Waals surface area (Å²) in [5.74, 6) is 0.161. The van der Waals surface area contributed by atoms with Gasteiger partial charge in [0, 0.05) is 5.56 Å². The molecule has 0 aliphatic heterocycles. The maximum absolute atomic E-state index is 13.3. The molecule has 0 heterocycles. The van der Waals surface area contributed by atoms with Gasteiger partial charge < -0.3 is 15.6 Å². The monoisotopic (exact) mass is 303 g/mol. The van der Waals surface area contributed by atoms with Gasteiger partial charge in [-0.1, -0.05) is 0 Å². The van der Waals surface area contributed by atoms with E-state index in [1.165, 1.54) is 12.1 Å². The summed E-state index contributed by atoms with van der Waals surface area (Å²) >= 11 is 3.28. The van der Waals surface area contributed by atoms with Crippen molar-refractivity contribution in [1.82, 2.24) is 0 Å². The van der Waals surface area contributed by atoms with Crippen LogP contribution in [0.5, 0.6) is 5.75 Å². The van der Waals surface area contributed by atoms with Crippen molar-refractivity contribution in [1.29, 1.82) is 0 Å². The molecule has 2 rings (SSSR count). The molecule has 0 aromatic heterocycles. The zero-order valence-electron chi connectivity index (χ0n) is 9.33. The number of rotatable bonds is 4. The van der Waals surface area contributed by atoms with E-state index in [1.807, 2.05) is 0 Å². The first-order valence-electron chi connectivity index (χ1n) is 5.64. The summed E-state index contributed by atoms with van der Waals surface area (Å²) in [6.45, 7) is -0.239. The Kier molecular flexibility index (Phi) is 4.01. The minimum absolute atomic E-state index is 0.182. The minimum atomic E-state index is -0.628. The van der Waals surface area contributed by atoms with Crippen molar-refractivity contribution in [3.63, 3.8) is 0 Å². The molecule has 1 aliphatic rings. The molecule has 0 radical (unpaired) electrons. The molecule has 0 spiro atoms. The molecule has 1 atom stereocenters. The van der Waals surface area contributed by atoms with Gasteiger partial charge in [-0.2, -0.15) is 0 Å². The predicted molar refractivity (Wildman–Crippen MR) is 66.4 cm³/mol. The highest BCUT2D eigenvalue weighted by Gasteiger charge is 2.24. The molecule has 1 aliphatic carbocycles. The van der Waals surface area contributed by atoms with Gasteiger partial charge in [-0.05, 0) is 47.3 Å². The Labute approximate surface area is 108 Å². The molecule has 3 nitrogen and oxygen atoms in total. The fourth-order valence-corrected chi connectivity index (χ4v) is 2.27. The van der Waals surface area contributed by atoms with Gasteiger partial charge in [-0.25, -0.2) is 4.39 Å². The lowest BCUT2D eigenvalue weighted by molar-refractivity contribution is 0.116. The summed E-state index contributed by atoms with van der Waals surface area (Å²) in [5, 5.41) is 9.08. The van der Waals surface area contributed by atoms with Gasteiger partial charge in [0.05, 0.1) is 23.2 Å². The van der Waals surface area contributed by atoms with E-state index in [9.17, 15) is 4.39 Å². The van der Waals surface area contributed by atoms with E-state index in [1.54, 1.807) is 0 Å². The zero-order chi connectivity index (χ0) is 12.4. The van der Waals surface area contributed by atoms with Crippen LogP contribution in [0.1, 0.15) is 30.9 Å². The van der Waals surface area contributed by atoms with Crippen LogP contribution in [-0.2, 0) is 0 Å². The summed E-state index contributed by atoms with van der Waals surface area (Å²) < 4.78 is 19.6. The van der Waals surface area contributed by atoms with Crippen LogP contribution in [0.15, 0.2) is 16.6 Å². The average Bonchev–Trinajstić information content (AvgIpc) is 2.23. The molecule has 0 amide bonds. The fourth-order valence-electron chi connectivity index (χ4n) is 1.73. The Morgan fingerprint density at radius 2 is 2.24 bits per heavy atom. The third-order valence-electron chi connectivity index (χ3n) is 2.97. The summed E-state index contributed by atoms with van der Waals surface area (Å²) in [6, 6.07) is 2.04. The topological polar surface area (TPSA) is 55.5 Å². The number of hydrogen-bond acceptors (Lipinski definition) is 3. The summed E-state index contributed by atoms with van der Waals surface area (Å²) in [4.78, 5) is 0. The van der Waals surface area contributed by atoms with Crippen LogP contribution >= 0.6 is 15.9 Å². The van der Waals surface area contributed by atoms with Crippen molar-refractivity contribution in [3.05, 3.63) is 28.0 Å². The number of aliphatic hydroxyl groups is 1. The van der Waals surface area contributed by atoms with Crippen molar-refractivity contribution in [2.75, 3.05) is 6.61 Å². The molecule has 94 valence electrons. The lowest BCUT2D eigenvalue weighted by atomic mass is 9.96. The second kappa shape index (κ2) is 5.33. The molecule has 1 fully saturated rings. The Morgan fingerprint density at radius 1 is 1.53 bits per heavy atom. The van der Waals surface area contributed by atoms with Crippen molar-refractivity contribution >= 4 is 15.9 Å². The van der Waals surface area contributed by atoms with Gasteiger partial charge in [0.2, 0.25) is 0 Å². The van der Waals surface area contributed by atoms with Crippen LogP contribution in [0.2, 0.25) is 0 Å². The number of nitrogens with two attached hydrogens (primary N) is 1. The van der Waals surface area contributed by atoms with E-state index in [0.717, 1.165) is 19.3 Å². The maximum atomic E-state index is 13.3. The Balaban J connectivity index is 2.31. The summed E-state index contributed by atoms with van der Waals surface area (Å²) in [5.41, 5.74) is 6.26. The molecule has 17 heavy (non-hydrogen) atoms. The fraction of sp³-hybridized carbons (Fsp3) is 0.500. The first-order valence-corrected chi connectivity index (χ1v) is 6.43. The van der Waals surface area contributed by atoms with Gasteiger partial charge in [0.1, 0.15) is 11.6 Å². The quantitative estimate of drug-likeness (QED) is 0.898. The lowest BCUT2D eigenvalue weighted by Gasteiger charge is -2.29. The lowest BCUT2D eigenvalue weighted by Crippen LogP contribution is -2.26. The Hall–Kier alpha value is -0.650. The van der Waals surface area contributed by atoms with E-state index in [0.29, 0.717) is 15.8 Å². The molecule has 5 heteroatoms. The van der Waals surface area contributed by atoms with Crippen molar-refractivity contribution in [2.45, 2.75) is 31.4 Å². The average molecular weight is 304 g/mol. The molecule has 1 saturated carbocycles. The number of benzene rings is 1. The molecule has 3 N–H and O–H groups in total. The van der Waals surface area contributed by atoms with Crippen molar-refractivity contribution in [3.8, 4) is 5.75 Å². The first kappa shape index (κ1) is 12.8. The van der Waals surface area contributed by atoms with Crippen LogP contribution in [0.4, 0.5) is 4.39 Å². The van der Waals surface area contributed by atoms with E-state index in [4.69, 9.17) is 15.6 Å². The molecule has 0 bridgehead atoms. The second-order valence-corrected chi connectivity index (χ2v) is 5.12. The van der Waals surface area contributed by atoms with E-state index < -0.39 is 11.9 Å². The number of halogens is 2. The minimum Gasteiger partial charge on any atom is -0.489 e. The molecule has 1 aromatic carbocycles. The molecule has 0 saturated heterocycles. The standard InChI is InChI=1S/C12H15BrFNO2/c13-10-5-7(14)4-9(11(15)6-16)12(10)17-8-2-1-3-8/h4-5,8,11,16H,1-3,6,15H2. The smallest absolute Gasteiger partial charge is 0.138 e. The Bertz CT molecular complexity index is 410. The van der Waals surface area contributed by atoms with E-state index >= 15 is 0 Å². The number of ether oxygens (including phenoxy) is 1. The molecule has 1 unspecified atom stereocenters. The highest BCUT2D eigenvalue weighted by molar-refractivity contribution is 9.10. The summed E-state index contributed by atoms with van der Waals surface area (Å²) in [6.07, 6.45) is 3.36. The third-order valence-corrected chi connectivity index (χ3v) is 3.56. The van der Waals surface area contributed by atoms with Gasteiger partial charge in [0.25, 0.3) is 0 Å². The molecular weight excluding hydrogens is 289 g/mol. The number of aliphatic hydroxyl groups excluding tert-OH is 1. The van der Waals surface area contributed by atoms with Gasteiger partial charge in [-0.15, -0.1) is 0 Å². The van der Waals surface area contributed by atoms with Gasteiger partial charge in [-0.3, -0.25) is 0 Å². The third kappa shape index (κ3) is 2.78. The second-order valence-electron chi connectivity index (χ2n) is 4.27. The highest BCUT2D eigenvalue weighted by Crippen LogP contribution is 2.36. The Morgan fingerprint density at radius 3 is 2.76 bits per heavy atom. The normalized spacial score (nSPS) is 17.6. The van der Waals surface area contributed by atoms with Gasteiger partial charge >= 0.3 is 0 Å². The van der Waals surface area contributed by atoms with E-state index in [-0.39, 0.29) is 12.7 Å². The molecular formula is C12H15BrFNO2.